The van der Waals surface area contributed by atoms with Gasteiger partial charge in [-0.25, -0.2) is 13.2 Å². The van der Waals surface area contributed by atoms with Gasteiger partial charge in [0.2, 0.25) is 15.9 Å². The molecule has 8 nitrogen and oxygen atoms in total. The number of carbonyl (C=O) groups is 2. The van der Waals surface area contributed by atoms with Gasteiger partial charge in [-0.2, -0.15) is 4.72 Å². The van der Waals surface area contributed by atoms with Crippen molar-refractivity contribution in [2.24, 2.45) is 0 Å². The minimum Gasteiger partial charge on any atom is -0.495 e. The Labute approximate surface area is 170 Å². The molecule has 0 aliphatic carbocycles. The summed E-state index contributed by atoms with van der Waals surface area (Å²) < 4.78 is 37.7. The molecule has 0 aliphatic heterocycles. The number of sulfonamides is 1. The molecule has 0 fully saturated rings. The molecule has 1 amide bonds. The van der Waals surface area contributed by atoms with Crippen LogP contribution in [-0.4, -0.2) is 40.1 Å². The first-order valence-electron chi connectivity index (χ1n) is 8.93. The number of rotatable bonds is 8. The summed E-state index contributed by atoms with van der Waals surface area (Å²) in [6.07, 6.45) is 0. The normalized spacial score (nSPS) is 12.1. The van der Waals surface area contributed by atoms with Crippen LogP contribution in [0.4, 0.5) is 5.69 Å². The molecule has 9 heteroatoms. The number of methoxy groups -OCH3 is 1. The van der Waals surface area contributed by atoms with Gasteiger partial charge >= 0.3 is 5.97 Å². The molecule has 0 saturated heterocycles. The lowest BCUT2D eigenvalue weighted by Crippen LogP contribution is -2.41. The minimum atomic E-state index is -3.98. The number of aryl methyl sites for hydroxylation is 1. The van der Waals surface area contributed by atoms with Crippen molar-refractivity contribution in [2.75, 3.05) is 19.0 Å². The van der Waals surface area contributed by atoms with E-state index < -0.39 is 27.9 Å². The quantitative estimate of drug-likeness (QED) is 0.635. The maximum atomic E-state index is 12.7. The summed E-state index contributed by atoms with van der Waals surface area (Å²) in [6, 6.07) is 9.81. The Balaban J connectivity index is 2.09. The lowest BCUT2D eigenvalue weighted by atomic mass is 10.2. The SMILES string of the molecule is CCOC(=O)c1ccc(NC(=O)[C@@H](C)NS(=O)(=O)c2cc(C)ccc2OC)cc1. The molecule has 0 aliphatic rings. The third-order valence-electron chi connectivity index (χ3n) is 4.00. The van der Waals surface area contributed by atoms with Crippen LogP contribution in [0.2, 0.25) is 0 Å². The molecule has 0 spiro atoms. The van der Waals surface area contributed by atoms with Crippen LogP contribution in [0.5, 0.6) is 5.75 Å². The Kier molecular flexibility index (Phi) is 7.35. The Bertz CT molecular complexity index is 987. The molecule has 0 heterocycles. The second kappa shape index (κ2) is 9.53. The van der Waals surface area contributed by atoms with Crippen LogP contribution in [0.1, 0.15) is 29.8 Å². The second-order valence-corrected chi connectivity index (χ2v) is 7.97. The highest BCUT2D eigenvalue weighted by Gasteiger charge is 2.25. The molecule has 2 aromatic carbocycles. The number of nitrogens with one attached hydrogen (secondary N) is 2. The van der Waals surface area contributed by atoms with Gasteiger partial charge in [0.25, 0.3) is 0 Å². The molecule has 0 saturated carbocycles. The molecule has 2 rings (SSSR count). The van der Waals surface area contributed by atoms with E-state index in [4.69, 9.17) is 9.47 Å². The molecule has 2 aromatic rings. The fourth-order valence-corrected chi connectivity index (χ4v) is 3.95. The van der Waals surface area contributed by atoms with E-state index in [2.05, 4.69) is 10.0 Å². The number of esters is 1. The fourth-order valence-electron chi connectivity index (χ4n) is 2.50. The first kappa shape index (κ1) is 22.4. The Morgan fingerprint density at radius 3 is 2.34 bits per heavy atom. The van der Waals surface area contributed by atoms with Crippen molar-refractivity contribution in [2.45, 2.75) is 31.7 Å². The number of benzene rings is 2. The first-order chi connectivity index (χ1) is 13.7. The van der Waals surface area contributed by atoms with E-state index in [1.54, 1.807) is 26.0 Å². The van der Waals surface area contributed by atoms with Crippen molar-refractivity contribution < 1.29 is 27.5 Å². The van der Waals surface area contributed by atoms with Gasteiger partial charge in [0.1, 0.15) is 10.6 Å². The van der Waals surface area contributed by atoms with Gasteiger partial charge in [-0.05, 0) is 62.7 Å². The van der Waals surface area contributed by atoms with E-state index in [9.17, 15) is 18.0 Å². The number of hydrogen-bond acceptors (Lipinski definition) is 6. The highest BCUT2D eigenvalue weighted by molar-refractivity contribution is 7.89. The number of anilines is 1. The zero-order valence-electron chi connectivity index (χ0n) is 16.7. The van der Waals surface area contributed by atoms with Crippen molar-refractivity contribution in [3.05, 3.63) is 53.6 Å². The van der Waals surface area contributed by atoms with Gasteiger partial charge in [-0.15, -0.1) is 0 Å². The molecular formula is C20H24N2O6S. The number of amides is 1. The van der Waals surface area contributed by atoms with Gasteiger partial charge < -0.3 is 14.8 Å². The van der Waals surface area contributed by atoms with Crippen molar-refractivity contribution in [3.63, 3.8) is 0 Å². The van der Waals surface area contributed by atoms with Crippen LogP contribution in [0.15, 0.2) is 47.4 Å². The van der Waals surface area contributed by atoms with E-state index in [0.717, 1.165) is 5.56 Å². The highest BCUT2D eigenvalue weighted by Crippen LogP contribution is 2.24. The Morgan fingerprint density at radius 2 is 1.76 bits per heavy atom. The van der Waals surface area contributed by atoms with Gasteiger partial charge in [-0.3, -0.25) is 4.79 Å². The largest absolute Gasteiger partial charge is 0.495 e. The number of carbonyl (C=O) groups excluding carboxylic acids is 2. The van der Waals surface area contributed by atoms with Gasteiger partial charge in [-0.1, -0.05) is 6.07 Å². The molecule has 2 N–H and O–H groups in total. The summed E-state index contributed by atoms with van der Waals surface area (Å²) in [5.74, 6) is -0.826. The third-order valence-corrected chi connectivity index (χ3v) is 5.56. The maximum Gasteiger partial charge on any atom is 0.338 e. The first-order valence-corrected chi connectivity index (χ1v) is 10.4. The molecular weight excluding hydrogens is 396 g/mol. The molecule has 29 heavy (non-hydrogen) atoms. The Hall–Kier alpha value is -2.91. The topological polar surface area (TPSA) is 111 Å². The predicted molar refractivity (Wildman–Crippen MR) is 109 cm³/mol. The molecule has 0 bridgehead atoms. The van der Waals surface area contributed by atoms with E-state index in [-0.39, 0.29) is 17.3 Å². The fraction of sp³-hybridized carbons (Fsp3) is 0.300. The zero-order valence-corrected chi connectivity index (χ0v) is 17.5. The van der Waals surface area contributed by atoms with Gasteiger partial charge in [0, 0.05) is 5.69 Å². The molecule has 1 atom stereocenters. The third kappa shape index (κ3) is 5.78. The lowest BCUT2D eigenvalue weighted by molar-refractivity contribution is -0.117. The van der Waals surface area contributed by atoms with Crippen LogP contribution in [-0.2, 0) is 19.6 Å². The van der Waals surface area contributed by atoms with E-state index in [1.165, 1.54) is 44.4 Å². The Morgan fingerprint density at radius 1 is 1.10 bits per heavy atom. The minimum absolute atomic E-state index is 0.0431. The standard InChI is InChI=1S/C20H24N2O6S/c1-5-28-20(24)15-7-9-16(10-8-15)21-19(23)14(3)22-29(25,26)18-12-13(2)6-11-17(18)27-4/h6-12,14,22H,5H2,1-4H3,(H,21,23)/t14-/m1/s1. The second-order valence-electron chi connectivity index (χ2n) is 6.28. The van der Waals surface area contributed by atoms with Crippen molar-refractivity contribution in [1.29, 1.82) is 0 Å². The molecule has 0 unspecified atom stereocenters. The molecule has 0 aromatic heterocycles. The molecule has 0 radical (unpaired) electrons. The van der Waals surface area contributed by atoms with Crippen LogP contribution < -0.4 is 14.8 Å². The summed E-state index contributed by atoms with van der Waals surface area (Å²) in [6.45, 7) is 5.17. The summed E-state index contributed by atoms with van der Waals surface area (Å²) in [5.41, 5.74) is 1.51. The van der Waals surface area contributed by atoms with Crippen LogP contribution in [0, 0.1) is 6.92 Å². The highest BCUT2D eigenvalue weighted by atomic mass is 32.2. The van der Waals surface area contributed by atoms with Crippen molar-refractivity contribution in [1.82, 2.24) is 4.72 Å². The van der Waals surface area contributed by atoms with Crippen LogP contribution >= 0.6 is 0 Å². The summed E-state index contributed by atoms with van der Waals surface area (Å²) >= 11 is 0. The smallest absolute Gasteiger partial charge is 0.338 e. The summed E-state index contributed by atoms with van der Waals surface area (Å²) in [5, 5.41) is 2.60. The maximum absolute atomic E-state index is 12.7. The number of hydrogen-bond donors (Lipinski definition) is 2. The van der Waals surface area contributed by atoms with Gasteiger partial charge in [0.15, 0.2) is 0 Å². The zero-order chi connectivity index (χ0) is 21.6. The van der Waals surface area contributed by atoms with Crippen molar-refractivity contribution in [3.8, 4) is 5.75 Å². The lowest BCUT2D eigenvalue weighted by Gasteiger charge is -2.16. The average molecular weight is 420 g/mol. The van der Waals surface area contributed by atoms with E-state index >= 15 is 0 Å². The predicted octanol–water partition coefficient (Wildman–Crippen LogP) is 2.49. The number of ether oxygens (including phenoxy) is 2. The van der Waals surface area contributed by atoms with Gasteiger partial charge in [0.05, 0.1) is 25.3 Å². The van der Waals surface area contributed by atoms with E-state index in [1.807, 2.05) is 0 Å². The van der Waals surface area contributed by atoms with Crippen LogP contribution in [0.3, 0.4) is 0 Å². The average Bonchev–Trinajstić information content (AvgIpc) is 2.68. The monoisotopic (exact) mass is 420 g/mol. The van der Waals surface area contributed by atoms with Crippen molar-refractivity contribution >= 4 is 27.6 Å². The summed E-state index contributed by atoms with van der Waals surface area (Å²) in [7, 11) is -2.61. The van der Waals surface area contributed by atoms with Crippen LogP contribution in [0.25, 0.3) is 0 Å². The molecule has 156 valence electrons. The summed E-state index contributed by atoms with van der Waals surface area (Å²) in [4.78, 5) is 24.0. The van der Waals surface area contributed by atoms with E-state index in [0.29, 0.717) is 11.3 Å².